The third-order valence-electron chi connectivity index (χ3n) is 1.82. The molecule has 1 aromatic rings. The SMILES string of the molecule is CC(=O)C(=O)OCCCOc1ccccc1. The van der Waals surface area contributed by atoms with Crippen LogP contribution >= 0.6 is 0 Å². The van der Waals surface area contributed by atoms with Crippen LogP contribution in [-0.2, 0) is 14.3 Å². The lowest BCUT2D eigenvalue weighted by atomic mass is 10.3. The Bertz CT molecular complexity index is 345. The van der Waals surface area contributed by atoms with Crippen molar-refractivity contribution in [3.63, 3.8) is 0 Å². The van der Waals surface area contributed by atoms with E-state index in [1.54, 1.807) is 0 Å². The second-order valence-corrected chi connectivity index (χ2v) is 3.21. The lowest BCUT2D eigenvalue weighted by Gasteiger charge is -2.05. The Labute approximate surface area is 94.2 Å². The summed E-state index contributed by atoms with van der Waals surface area (Å²) in [5, 5.41) is 0. The van der Waals surface area contributed by atoms with Gasteiger partial charge in [0.05, 0.1) is 13.2 Å². The molecule has 4 heteroatoms. The normalized spacial score (nSPS) is 9.56. The van der Waals surface area contributed by atoms with Crippen LogP contribution in [0.2, 0.25) is 0 Å². The van der Waals surface area contributed by atoms with Gasteiger partial charge in [0.2, 0.25) is 5.78 Å². The molecule has 0 heterocycles. The standard InChI is InChI=1S/C12H14O4/c1-10(13)12(14)16-9-5-8-15-11-6-3-2-4-7-11/h2-4,6-7H,5,8-9H2,1H3. The summed E-state index contributed by atoms with van der Waals surface area (Å²) in [5.74, 6) is -0.593. The van der Waals surface area contributed by atoms with Crippen LogP contribution in [0.15, 0.2) is 30.3 Å². The van der Waals surface area contributed by atoms with E-state index in [0.717, 1.165) is 5.75 Å². The first kappa shape index (κ1) is 12.2. The predicted octanol–water partition coefficient (Wildman–Crippen LogP) is 1.59. The molecule has 1 aromatic carbocycles. The van der Waals surface area contributed by atoms with Gasteiger partial charge in [0, 0.05) is 13.3 Å². The molecule has 0 bridgehead atoms. The van der Waals surface area contributed by atoms with Crippen molar-refractivity contribution in [2.24, 2.45) is 0 Å². The van der Waals surface area contributed by atoms with Crippen LogP contribution in [0, 0.1) is 0 Å². The largest absolute Gasteiger partial charge is 0.493 e. The van der Waals surface area contributed by atoms with Gasteiger partial charge in [-0.25, -0.2) is 4.79 Å². The van der Waals surface area contributed by atoms with E-state index in [2.05, 4.69) is 4.74 Å². The molecule has 0 saturated heterocycles. The molecule has 0 aliphatic heterocycles. The molecule has 0 aliphatic carbocycles. The van der Waals surface area contributed by atoms with Crippen molar-refractivity contribution in [1.29, 1.82) is 0 Å². The Morgan fingerprint density at radius 2 is 1.81 bits per heavy atom. The van der Waals surface area contributed by atoms with Crippen LogP contribution in [0.4, 0.5) is 0 Å². The van der Waals surface area contributed by atoms with Crippen LogP contribution in [0.3, 0.4) is 0 Å². The molecule has 0 spiro atoms. The van der Waals surface area contributed by atoms with Gasteiger partial charge in [-0.2, -0.15) is 0 Å². The van der Waals surface area contributed by atoms with E-state index in [0.29, 0.717) is 13.0 Å². The minimum Gasteiger partial charge on any atom is -0.493 e. The Balaban J connectivity index is 2.09. The maximum Gasteiger partial charge on any atom is 0.374 e. The number of carbonyl (C=O) groups excluding carboxylic acids is 2. The van der Waals surface area contributed by atoms with Gasteiger partial charge in [0.25, 0.3) is 0 Å². The van der Waals surface area contributed by atoms with Crippen molar-refractivity contribution in [3.05, 3.63) is 30.3 Å². The second kappa shape index (κ2) is 6.61. The zero-order valence-electron chi connectivity index (χ0n) is 9.14. The van der Waals surface area contributed by atoms with Crippen LogP contribution in [-0.4, -0.2) is 25.0 Å². The van der Waals surface area contributed by atoms with Gasteiger partial charge >= 0.3 is 5.97 Å². The molecule has 86 valence electrons. The molecule has 0 amide bonds. The third-order valence-corrected chi connectivity index (χ3v) is 1.82. The highest BCUT2D eigenvalue weighted by Gasteiger charge is 2.07. The minimum atomic E-state index is -0.792. The van der Waals surface area contributed by atoms with Gasteiger partial charge in [-0.05, 0) is 12.1 Å². The van der Waals surface area contributed by atoms with Gasteiger partial charge < -0.3 is 9.47 Å². The summed E-state index contributed by atoms with van der Waals surface area (Å²) < 4.78 is 10.0. The molecule has 1 rings (SSSR count). The van der Waals surface area contributed by atoms with Gasteiger partial charge in [0.15, 0.2) is 0 Å². The quantitative estimate of drug-likeness (QED) is 0.416. The average molecular weight is 222 g/mol. The number of ketones is 1. The van der Waals surface area contributed by atoms with Crippen LogP contribution in [0.25, 0.3) is 0 Å². The van der Waals surface area contributed by atoms with E-state index in [9.17, 15) is 9.59 Å². The number of para-hydroxylation sites is 1. The van der Waals surface area contributed by atoms with Crippen molar-refractivity contribution < 1.29 is 19.1 Å². The molecule has 0 fully saturated rings. The van der Waals surface area contributed by atoms with Gasteiger partial charge in [-0.15, -0.1) is 0 Å². The Hall–Kier alpha value is -1.84. The third kappa shape index (κ3) is 4.59. The Morgan fingerprint density at radius 3 is 2.44 bits per heavy atom. The summed E-state index contributed by atoms with van der Waals surface area (Å²) in [6.07, 6.45) is 0.563. The van der Waals surface area contributed by atoms with Crippen LogP contribution < -0.4 is 4.74 Å². The molecule has 0 aliphatic rings. The first-order chi connectivity index (χ1) is 7.70. The van der Waals surface area contributed by atoms with Crippen molar-refractivity contribution in [1.82, 2.24) is 0 Å². The summed E-state index contributed by atoms with van der Waals surface area (Å²) in [4.78, 5) is 21.3. The fourth-order valence-corrected chi connectivity index (χ4v) is 1.03. The fourth-order valence-electron chi connectivity index (χ4n) is 1.03. The molecule has 0 N–H and O–H groups in total. The highest BCUT2D eigenvalue weighted by Crippen LogP contribution is 2.08. The molecular formula is C12H14O4. The number of benzene rings is 1. The van der Waals surface area contributed by atoms with Crippen molar-refractivity contribution in [2.75, 3.05) is 13.2 Å². The summed E-state index contributed by atoms with van der Waals surface area (Å²) in [5.41, 5.74) is 0. The molecule has 4 nitrogen and oxygen atoms in total. The monoisotopic (exact) mass is 222 g/mol. The predicted molar refractivity (Wildman–Crippen MR) is 58.2 cm³/mol. The molecule has 0 radical (unpaired) electrons. The number of carbonyl (C=O) groups is 2. The number of hydrogen-bond acceptors (Lipinski definition) is 4. The highest BCUT2D eigenvalue weighted by atomic mass is 16.5. The van der Waals surface area contributed by atoms with Crippen molar-refractivity contribution >= 4 is 11.8 Å². The maximum absolute atomic E-state index is 10.8. The Kier molecular flexibility index (Phi) is 5.05. The maximum atomic E-state index is 10.8. The summed E-state index contributed by atoms with van der Waals surface area (Å²) in [7, 11) is 0. The number of Topliss-reactive ketones (excluding diaryl/α,β-unsaturated/α-hetero) is 1. The average Bonchev–Trinajstić information content (AvgIpc) is 2.29. The van der Waals surface area contributed by atoms with Gasteiger partial charge in [0.1, 0.15) is 5.75 Å². The second-order valence-electron chi connectivity index (χ2n) is 3.21. The minimum absolute atomic E-state index is 0.200. The first-order valence-corrected chi connectivity index (χ1v) is 5.05. The van der Waals surface area contributed by atoms with E-state index in [1.807, 2.05) is 30.3 Å². The summed E-state index contributed by atoms with van der Waals surface area (Å²) in [6, 6.07) is 9.36. The summed E-state index contributed by atoms with van der Waals surface area (Å²) in [6.45, 7) is 1.84. The lowest BCUT2D eigenvalue weighted by Crippen LogP contribution is -2.15. The lowest BCUT2D eigenvalue weighted by molar-refractivity contribution is -0.153. The van der Waals surface area contributed by atoms with E-state index >= 15 is 0 Å². The smallest absolute Gasteiger partial charge is 0.374 e. The zero-order valence-corrected chi connectivity index (χ0v) is 9.14. The molecule has 16 heavy (non-hydrogen) atoms. The fraction of sp³-hybridized carbons (Fsp3) is 0.333. The topological polar surface area (TPSA) is 52.6 Å². The van der Waals surface area contributed by atoms with Gasteiger partial charge in [-0.3, -0.25) is 4.79 Å². The molecule has 0 aromatic heterocycles. The zero-order chi connectivity index (χ0) is 11.8. The number of rotatable bonds is 6. The van der Waals surface area contributed by atoms with Crippen molar-refractivity contribution in [3.8, 4) is 5.75 Å². The number of esters is 1. The van der Waals surface area contributed by atoms with E-state index in [1.165, 1.54) is 6.92 Å². The molecule has 0 saturated carbocycles. The van der Waals surface area contributed by atoms with E-state index < -0.39 is 11.8 Å². The Morgan fingerprint density at radius 1 is 1.12 bits per heavy atom. The van der Waals surface area contributed by atoms with E-state index in [4.69, 9.17) is 4.74 Å². The summed E-state index contributed by atoms with van der Waals surface area (Å²) >= 11 is 0. The van der Waals surface area contributed by atoms with Gasteiger partial charge in [-0.1, -0.05) is 18.2 Å². The van der Waals surface area contributed by atoms with Crippen LogP contribution in [0.5, 0.6) is 5.75 Å². The highest BCUT2D eigenvalue weighted by molar-refractivity contribution is 6.32. The molecular weight excluding hydrogens is 208 g/mol. The van der Waals surface area contributed by atoms with Crippen molar-refractivity contribution in [2.45, 2.75) is 13.3 Å². The number of hydrogen-bond donors (Lipinski definition) is 0. The molecule has 0 atom stereocenters. The number of ether oxygens (including phenoxy) is 2. The van der Waals surface area contributed by atoms with E-state index in [-0.39, 0.29) is 6.61 Å². The van der Waals surface area contributed by atoms with Crippen LogP contribution in [0.1, 0.15) is 13.3 Å². The first-order valence-electron chi connectivity index (χ1n) is 5.05. The molecule has 0 unspecified atom stereocenters.